The molecule has 0 unspecified atom stereocenters. The van der Waals surface area contributed by atoms with Crippen LogP contribution in [0.4, 0.5) is 4.39 Å². The molecule has 0 amide bonds. The van der Waals surface area contributed by atoms with Crippen LogP contribution in [0.3, 0.4) is 0 Å². The summed E-state index contributed by atoms with van der Waals surface area (Å²) in [5, 5.41) is 17.1. The largest absolute Gasteiger partial charge is 0.379 e. The molecule has 1 N–H and O–H groups in total. The molecule has 0 aromatic heterocycles. The summed E-state index contributed by atoms with van der Waals surface area (Å²) in [6.07, 6.45) is 3.88. The van der Waals surface area contributed by atoms with Gasteiger partial charge in [0, 0.05) is 0 Å². The van der Waals surface area contributed by atoms with Crippen molar-refractivity contribution in [2.24, 2.45) is 5.34 Å². The first-order valence-corrected chi connectivity index (χ1v) is 5.32. The SMILES string of the molecule is N#CC1(c2cccc(F)c2)CCCC1.O=NO. The molecule has 0 saturated heterocycles. The topological polar surface area (TPSA) is 73.5 Å². The van der Waals surface area contributed by atoms with Crippen LogP contribution in [0, 0.1) is 22.1 Å². The Morgan fingerprint density at radius 2 is 2.00 bits per heavy atom. The Kier molecular flexibility index (Phi) is 4.58. The van der Waals surface area contributed by atoms with Crippen LogP contribution in [0.2, 0.25) is 0 Å². The summed E-state index contributed by atoms with van der Waals surface area (Å²) in [5.41, 5.74) is 0.430. The predicted octanol–water partition coefficient (Wildman–Crippen LogP) is 3.30. The second-order valence-electron chi connectivity index (χ2n) is 3.99. The van der Waals surface area contributed by atoms with Gasteiger partial charge in [-0.3, -0.25) is 0 Å². The van der Waals surface area contributed by atoms with Crippen molar-refractivity contribution in [3.8, 4) is 6.07 Å². The van der Waals surface area contributed by atoms with Crippen LogP contribution in [0.5, 0.6) is 0 Å². The first kappa shape index (κ1) is 13.1. The lowest BCUT2D eigenvalue weighted by molar-refractivity contribution is 0.312. The molecule has 0 spiro atoms. The molecule has 1 fully saturated rings. The summed E-state index contributed by atoms with van der Waals surface area (Å²) in [7, 11) is 0. The van der Waals surface area contributed by atoms with Gasteiger partial charge in [-0.2, -0.15) is 5.26 Å². The number of nitriles is 1. The average Bonchev–Trinajstić information content (AvgIpc) is 2.80. The fourth-order valence-electron chi connectivity index (χ4n) is 2.23. The molecule has 0 radical (unpaired) electrons. The minimum Gasteiger partial charge on any atom is -0.379 e. The van der Waals surface area contributed by atoms with Gasteiger partial charge in [0.25, 0.3) is 0 Å². The van der Waals surface area contributed by atoms with Crippen molar-refractivity contribution in [2.45, 2.75) is 31.1 Å². The number of hydrogen-bond donors (Lipinski definition) is 1. The molecule has 5 heteroatoms. The third-order valence-electron chi connectivity index (χ3n) is 3.05. The van der Waals surface area contributed by atoms with E-state index in [0.29, 0.717) is 0 Å². The molecule has 1 aliphatic carbocycles. The zero-order valence-corrected chi connectivity index (χ0v) is 9.27. The van der Waals surface area contributed by atoms with Crippen LogP contribution in [0.15, 0.2) is 29.6 Å². The zero-order chi connectivity index (χ0) is 12.7. The Hall–Kier alpha value is -1.96. The third kappa shape index (κ3) is 3.00. The van der Waals surface area contributed by atoms with Gasteiger partial charge in [-0.05, 0) is 30.5 Å². The van der Waals surface area contributed by atoms with Crippen LogP contribution in [0.25, 0.3) is 0 Å². The molecule has 90 valence electrons. The molecular weight excluding hydrogens is 223 g/mol. The molecule has 1 aliphatic rings. The number of nitrogens with zero attached hydrogens (tertiary/aromatic N) is 2. The van der Waals surface area contributed by atoms with Gasteiger partial charge in [0.2, 0.25) is 0 Å². The van der Waals surface area contributed by atoms with Crippen molar-refractivity contribution in [1.82, 2.24) is 0 Å². The highest BCUT2D eigenvalue weighted by atomic mass is 19.1. The van der Waals surface area contributed by atoms with E-state index in [2.05, 4.69) is 6.07 Å². The van der Waals surface area contributed by atoms with Gasteiger partial charge < -0.3 is 5.21 Å². The number of hydrogen-bond acceptors (Lipinski definition) is 3. The summed E-state index contributed by atoms with van der Waals surface area (Å²) in [6, 6.07) is 8.81. The van der Waals surface area contributed by atoms with Gasteiger partial charge in [0.05, 0.1) is 11.5 Å². The molecule has 1 aromatic rings. The molecule has 17 heavy (non-hydrogen) atoms. The molecule has 1 saturated carbocycles. The van der Waals surface area contributed by atoms with E-state index in [1.54, 1.807) is 6.07 Å². The summed E-state index contributed by atoms with van der Waals surface area (Å²) in [6.45, 7) is 0. The fraction of sp³-hybridized carbons (Fsp3) is 0.417. The quantitative estimate of drug-likeness (QED) is 0.600. The van der Waals surface area contributed by atoms with E-state index in [4.69, 9.17) is 10.1 Å². The maximum Gasteiger partial charge on any atom is 0.152 e. The lowest BCUT2D eigenvalue weighted by Crippen LogP contribution is -2.19. The molecule has 0 atom stereocenters. The Bertz CT molecular complexity index is 423. The van der Waals surface area contributed by atoms with Crippen LogP contribution in [-0.4, -0.2) is 5.21 Å². The molecular formula is C12H13FN2O2. The van der Waals surface area contributed by atoms with Gasteiger partial charge in [-0.15, -0.1) is 4.91 Å². The number of halogens is 1. The first-order chi connectivity index (χ1) is 8.18. The Labute approximate surface area is 98.6 Å². The maximum atomic E-state index is 13.0. The van der Waals surface area contributed by atoms with Crippen molar-refractivity contribution in [2.75, 3.05) is 0 Å². The lowest BCUT2D eigenvalue weighted by Gasteiger charge is -2.20. The van der Waals surface area contributed by atoms with Crippen molar-refractivity contribution >= 4 is 0 Å². The normalized spacial score (nSPS) is 16.5. The van der Waals surface area contributed by atoms with Crippen LogP contribution in [-0.2, 0) is 5.41 Å². The van der Waals surface area contributed by atoms with Crippen molar-refractivity contribution in [3.63, 3.8) is 0 Å². The van der Waals surface area contributed by atoms with Gasteiger partial charge in [-0.25, -0.2) is 4.39 Å². The molecule has 2 rings (SSSR count). The van der Waals surface area contributed by atoms with E-state index in [-0.39, 0.29) is 5.82 Å². The minimum atomic E-state index is -0.415. The van der Waals surface area contributed by atoms with E-state index in [1.165, 1.54) is 17.5 Å². The highest BCUT2D eigenvalue weighted by Gasteiger charge is 2.35. The molecule has 0 aliphatic heterocycles. The second-order valence-corrected chi connectivity index (χ2v) is 3.99. The lowest BCUT2D eigenvalue weighted by atomic mass is 9.80. The van der Waals surface area contributed by atoms with Crippen LogP contribution >= 0.6 is 0 Å². The second kappa shape index (κ2) is 5.94. The third-order valence-corrected chi connectivity index (χ3v) is 3.05. The van der Waals surface area contributed by atoms with Gasteiger partial charge >= 0.3 is 0 Å². The van der Waals surface area contributed by atoms with Crippen LogP contribution in [0.1, 0.15) is 31.2 Å². The van der Waals surface area contributed by atoms with E-state index in [9.17, 15) is 9.65 Å². The summed E-state index contributed by atoms with van der Waals surface area (Å²) < 4.78 is 13.0. The van der Waals surface area contributed by atoms with Crippen LogP contribution < -0.4 is 0 Å². The maximum absolute atomic E-state index is 13.0. The zero-order valence-electron chi connectivity index (χ0n) is 9.27. The Morgan fingerprint density at radius 3 is 2.47 bits per heavy atom. The highest BCUT2D eigenvalue weighted by Crippen LogP contribution is 2.40. The van der Waals surface area contributed by atoms with Crippen molar-refractivity contribution < 1.29 is 9.60 Å². The smallest absolute Gasteiger partial charge is 0.152 e. The van der Waals surface area contributed by atoms with E-state index < -0.39 is 5.41 Å². The molecule has 1 aromatic carbocycles. The number of benzene rings is 1. The molecule has 0 bridgehead atoms. The predicted molar refractivity (Wildman–Crippen MR) is 59.7 cm³/mol. The van der Waals surface area contributed by atoms with E-state index in [0.717, 1.165) is 31.2 Å². The Morgan fingerprint density at radius 1 is 1.41 bits per heavy atom. The standard InChI is InChI=1S/C12H12FN.HNO2/c13-11-5-3-4-10(8-11)12(9-14)6-1-2-7-12;2-1-3/h3-5,8H,1-2,6-7H2;(H,2,3). The van der Waals surface area contributed by atoms with Crippen molar-refractivity contribution in [3.05, 3.63) is 40.6 Å². The minimum absolute atomic E-state index is 0.246. The highest BCUT2D eigenvalue weighted by molar-refractivity contribution is 5.33. The van der Waals surface area contributed by atoms with Gasteiger partial charge in [0.1, 0.15) is 5.82 Å². The molecule has 0 heterocycles. The Balaban J connectivity index is 0.000000437. The van der Waals surface area contributed by atoms with E-state index in [1.807, 2.05) is 6.07 Å². The summed E-state index contributed by atoms with van der Waals surface area (Å²) in [4.78, 5) is 8.11. The first-order valence-electron chi connectivity index (χ1n) is 5.32. The van der Waals surface area contributed by atoms with E-state index >= 15 is 0 Å². The fourth-order valence-corrected chi connectivity index (χ4v) is 2.23. The summed E-state index contributed by atoms with van der Waals surface area (Å²) >= 11 is 0. The van der Waals surface area contributed by atoms with Gasteiger partial charge in [-0.1, -0.05) is 25.0 Å². The molecule has 4 nitrogen and oxygen atoms in total. The number of rotatable bonds is 1. The summed E-state index contributed by atoms with van der Waals surface area (Å²) in [5.74, 6) is -0.246. The van der Waals surface area contributed by atoms with Crippen molar-refractivity contribution in [1.29, 1.82) is 5.26 Å². The van der Waals surface area contributed by atoms with Gasteiger partial charge in [0.15, 0.2) is 5.34 Å². The average molecular weight is 236 g/mol. The monoisotopic (exact) mass is 236 g/mol.